The summed E-state index contributed by atoms with van der Waals surface area (Å²) in [5, 5.41) is 16.9. The van der Waals surface area contributed by atoms with Crippen molar-refractivity contribution >= 4 is 27.9 Å². The number of anilines is 1. The van der Waals surface area contributed by atoms with Crippen molar-refractivity contribution in [1.82, 2.24) is 14.6 Å². The first-order valence-electron chi connectivity index (χ1n) is 12.7. The molecule has 206 valence electrons. The van der Waals surface area contributed by atoms with Crippen molar-refractivity contribution < 1.29 is 27.4 Å². The van der Waals surface area contributed by atoms with E-state index >= 15 is 0 Å². The first-order valence-corrected chi connectivity index (χ1v) is 13.5. The van der Waals surface area contributed by atoms with Gasteiger partial charge < -0.3 is 14.8 Å². The number of rotatable bonds is 3. The third-order valence-corrected chi connectivity index (χ3v) is 8.62. The van der Waals surface area contributed by atoms with Gasteiger partial charge in [-0.1, -0.05) is 20.8 Å². The molecule has 4 aromatic rings. The normalized spacial score (nSPS) is 16.6. The van der Waals surface area contributed by atoms with Gasteiger partial charge in [-0.25, -0.2) is 9.50 Å². The number of fused-ring (bicyclic) bond motifs is 3. The third-order valence-electron chi connectivity index (χ3n) is 7.45. The summed E-state index contributed by atoms with van der Waals surface area (Å²) in [6.07, 6.45) is -2.28. The van der Waals surface area contributed by atoms with E-state index in [-0.39, 0.29) is 29.2 Å². The summed E-state index contributed by atoms with van der Waals surface area (Å²) in [4.78, 5) is 18.6. The van der Waals surface area contributed by atoms with Gasteiger partial charge in [0.15, 0.2) is 28.5 Å². The lowest BCUT2D eigenvalue weighted by molar-refractivity contribution is -0.142. The van der Waals surface area contributed by atoms with E-state index in [0.29, 0.717) is 38.1 Å². The molecule has 6 rings (SSSR count). The van der Waals surface area contributed by atoms with Gasteiger partial charge in [0.1, 0.15) is 11.1 Å². The van der Waals surface area contributed by atoms with E-state index in [1.807, 2.05) is 0 Å². The van der Waals surface area contributed by atoms with Gasteiger partial charge in [-0.15, -0.1) is 11.3 Å². The molecule has 40 heavy (non-hydrogen) atoms. The van der Waals surface area contributed by atoms with Gasteiger partial charge in [0, 0.05) is 16.5 Å². The number of benzene rings is 1. The second kappa shape index (κ2) is 9.23. The summed E-state index contributed by atoms with van der Waals surface area (Å²) in [6, 6.07) is 9.03. The maximum absolute atomic E-state index is 14.1. The number of thiophene rings is 1. The van der Waals surface area contributed by atoms with E-state index in [0.717, 1.165) is 35.8 Å². The maximum atomic E-state index is 14.1. The summed E-state index contributed by atoms with van der Waals surface area (Å²) in [7, 11) is 0. The van der Waals surface area contributed by atoms with Crippen molar-refractivity contribution in [3.05, 3.63) is 57.7 Å². The molecule has 8 nitrogen and oxygen atoms in total. The SMILES string of the molecule is CC(C)(C)C1CCc2c(sc(NC(=O)c3cc4nc(-c5ccc6c(c5)OCO6)cc(C(F)(F)F)n4n3)c2C#N)C1. The van der Waals surface area contributed by atoms with Gasteiger partial charge >= 0.3 is 6.18 Å². The number of carbonyl (C=O) groups excluding carboxylic acids is 1. The smallest absolute Gasteiger partial charge is 0.433 e. The lowest BCUT2D eigenvalue weighted by Gasteiger charge is -2.33. The lowest BCUT2D eigenvalue weighted by atomic mass is 9.72. The van der Waals surface area contributed by atoms with Crippen LogP contribution in [0.1, 0.15) is 59.4 Å². The Morgan fingerprint density at radius 3 is 2.67 bits per heavy atom. The number of aromatic nitrogens is 3. The summed E-state index contributed by atoms with van der Waals surface area (Å²) in [5.74, 6) is 0.621. The molecule has 0 saturated heterocycles. The zero-order valence-electron chi connectivity index (χ0n) is 21.8. The second-order valence-electron chi connectivity index (χ2n) is 11.0. The molecule has 0 saturated carbocycles. The molecule has 0 fully saturated rings. The minimum Gasteiger partial charge on any atom is -0.454 e. The fourth-order valence-electron chi connectivity index (χ4n) is 5.19. The standard InChI is InChI=1S/C28H24F3N5O3S/c1-27(2,3)15-5-6-16-17(12-32)26(40-22(16)9-15)34-25(37)19-11-24-33-18(10-23(28(29,30)31)36(24)35-19)14-4-7-20-21(8-14)39-13-38-20/h4,7-8,10-11,15H,5-6,9,13H2,1-3H3,(H,34,37). The minimum atomic E-state index is -4.77. The third kappa shape index (κ3) is 4.54. The summed E-state index contributed by atoms with van der Waals surface area (Å²) < 4.78 is 53.4. The van der Waals surface area contributed by atoms with Gasteiger partial charge in [0.2, 0.25) is 6.79 Å². The molecule has 0 bridgehead atoms. The largest absolute Gasteiger partial charge is 0.454 e. The molecule has 0 radical (unpaired) electrons. The number of nitrogens with one attached hydrogen (secondary N) is 1. The highest BCUT2D eigenvalue weighted by Crippen LogP contribution is 2.44. The molecule has 1 N–H and O–H groups in total. The van der Waals surface area contributed by atoms with E-state index in [2.05, 4.69) is 42.2 Å². The molecule has 1 aliphatic heterocycles. The zero-order chi connectivity index (χ0) is 28.4. The van der Waals surface area contributed by atoms with E-state index in [4.69, 9.17) is 9.47 Å². The van der Waals surface area contributed by atoms with E-state index in [9.17, 15) is 23.2 Å². The second-order valence-corrected chi connectivity index (χ2v) is 12.1. The van der Waals surface area contributed by atoms with E-state index in [1.54, 1.807) is 18.2 Å². The van der Waals surface area contributed by atoms with Crippen molar-refractivity contribution in [3.63, 3.8) is 0 Å². The predicted octanol–water partition coefficient (Wildman–Crippen LogP) is 6.48. The Bertz CT molecular complexity index is 1710. The molecule has 1 unspecified atom stereocenters. The van der Waals surface area contributed by atoms with Crippen LogP contribution in [-0.2, 0) is 19.0 Å². The minimum absolute atomic E-state index is 0.0259. The Labute approximate surface area is 231 Å². The van der Waals surface area contributed by atoms with Crippen molar-refractivity contribution in [2.45, 2.75) is 46.2 Å². The first-order chi connectivity index (χ1) is 18.9. The Kier molecular flexibility index (Phi) is 6.03. The monoisotopic (exact) mass is 567 g/mol. The van der Waals surface area contributed by atoms with E-state index in [1.165, 1.54) is 17.4 Å². The molecular weight excluding hydrogens is 543 g/mol. The fourth-order valence-corrected chi connectivity index (χ4v) is 6.46. The summed E-state index contributed by atoms with van der Waals surface area (Å²) >= 11 is 1.35. The lowest BCUT2D eigenvalue weighted by Crippen LogP contribution is -2.26. The topological polar surface area (TPSA) is 102 Å². The number of hydrogen-bond donors (Lipinski definition) is 1. The number of nitrogens with zero attached hydrogens (tertiary/aromatic N) is 4. The summed E-state index contributed by atoms with van der Waals surface area (Å²) in [5.41, 5.74) is 0.405. The average molecular weight is 568 g/mol. The Hall–Kier alpha value is -4.11. The molecule has 1 amide bonds. The molecule has 3 aromatic heterocycles. The highest BCUT2D eigenvalue weighted by Gasteiger charge is 2.36. The predicted molar refractivity (Wildman–Crippen MR) is 142 cm³/mol. The quantitative estimate of drug-likeness (QED) is 0.304. The van der Waals surface area contributed by atoms with Crippen molar-refractivity contribution in [3.8, 4) is 28.8 Å². The molecule has 2 aliphatic rings. The Morgan fingerprint density at radius 2 is 1.95 bits per heavy atom. The van der Waals surface area contributed by atoms with Crippen LogP contribution in [0.4, 0.5) is 18.2 Å². The van der Waals surface area contributed by atoms with Crippen LogP contribution >= 0.6 is 11.3 Å². The first kappa shape index (κ1) is 26.1. The Balaban J connectivity index is 1.35. The van der Waals surface area contributed by atoms with Gasteiger partial charge in [-0.3, -0.25) is 4.79 Å². The number of ether oxygens (including phenoxy) is 2. The van der Waals surface area contributed by atoms with Crippen molar-refractivity contribution in [2.24, 2.45) is 11.3 Å². The maximum Gasteiger partial charge on any atom is 0.433 e. The molecule has 4 heterocycles. The van der Waals surface area contributed by atoms with Gasteiger partial charge in [0.25, 0.3) is 5.91 Å². The molecule has 1 aliphatic carbocycles. The number of amides is 1. The van der Waals surface area contributed by atoms with Gasteiger partial charge in [-0.05, 0) is 60.4 Å². The molecule has 1 aromatic carbocycles. The summed E-state index contributed by atoms with van der Waals surface area (Å²) in [6.45, 7) is 6.59. The van der Waals surface area contributed by atoms with Crippen molar-refractivity contribution in [2.75, 3.05) is 12.1 Å². The molecule has 0 spiro atoms. The van der Waals surface area contributed by atoms with Crippen LogP contribution in [0.15, 0.2) is 30.3 Å². The number of alkyl halides is 3. The zero-order valence-corrected chi connectivity index (χ0v) is 22.7. The van der Waals surface area contributed by atoms with Crippen LogP contribution in [0.25, 0.3) is 16.9 Å². The van der Waals surface area contributed by atoms with Gasteiger partial charge in [-0.2, -0.15) is 23.5 Å². The van der Waals surface area contributed by atoms with Crippen LogP contribution in [0.3, 0.4) is 0 Å². The van der Waals surface area contributed by atoms with Crippen molar-refractivity contribution in [1.29, 1.82) is 5.26 Å². The molecular formula is C28H24F3N5O3S. The number of carbonyl (C=O) groups is 1. The molecule has 1 atom stereocenters. The number of halogens is 3. The van der Waals surface area contributed by atoms with Gasteiger partial charge in [0.05, 0.1) is 11.3 Å². The average Bonchev–Trinajstić information content (AvgIpc) is 3.61. The van der Waals surface area contributed by atoms with Crippen LogP contribution in [-0.4, -0.2) is 27.3 Å². The van der Waals surface area contributed by atoms with Crippen LogP contribution in [0.5, 0.6) is 11.5 Å². The number of nitriles is 1. The molecule has 12 heteroatoms. The number of hydrogen-bond acceptors (Lipinski definition) is 7. The highest BCUT2D eigenvalue weighted by molar-refractivity contribution is 7.16. The van der Waals surface area contributed by atoms with Crippen LogP contribution < -0.4 is 14.8 Å². The van der Waals surface area contributed by atoms with Crippen LogP contribution in [0.2, 0.25) is 0 Å². The Morgan fingerprint density at radius 1 is 1.18 bits per heavy atom. The fraction of sp³-hybridized carbons (Fsp3) is 0.357. The van der Waals surface area contributed by atoms with Crippen LogP contribution in [0, 0.1) is 22.7 Å². The van der Waals surface area contributed by atoms with E-state index < -0.39 is 17.8 Å². The highest BCUT2D eigenvalue weighted by atomic mass is 32.1.